The summed E-state index contributed by atoms with van der Waals surface area (Å²) in [7, 11) is 0. The zero-order chi connectivity index (χ0) is 13.8. The number of nitrogens with zero attached hydrogens (tertiary/aromatic N) is 3. The Labute approximate surface area is 117 Å². The van der Waals surface area contributed by atoms with Gasteiger partial charge in [-0.3, -0.25) is 0 Å². The number of alkyl halides is 1. The van der Waals surface area contributed by atoms with Crippen LogP contribution in [0.3, 0.4) is 0 Å². The van der Waals surface area contributed by atoms with E-state index in [1.807, 2.05) is 4.68 Å². The van der Waals surface area contributed by atoms with E-state index in [0.29, 0.717) is 12.3 Å². The Morgan fingerprint density at radius 2 is 1.95 bits per heavy atom. The number of rotatable bonds is 5. The quantitative estimate of drug-likeness (QED) is 0.785. The van der Waals surface area contributed by atoms with Crippen LogP contribution in [0.15, 0.2) is 30.6 Å². The van der Waals surface area contributed by atoms with E-state index < -0.39 is 0 Å². The van der Waals surface area contributed by atoms with Crippen molar-refractivity contribution in [1.82, 2.24) is 14.8 Å². The van der Waals surface area contributed by atoms with Gasteiger partial charge in [-0.1, -0.05) is 12.1 Å². The third-order valence-corrected chi connectivity index (χ3v) is 3.47. The fourth-order valence-corrected chi connectivity index (χ4v) is 2.36. The maximum absolute atomic E-state index is 12.9. The van der Waals surface area contributed by atoms with Crippen LogP contribution in [0.25, 0.3) is 0 Å². The van der Waals surface area contributed by atoms with Crippen LogP contribution in [0.5, 0.6) is 0 Å². The molecule has 19 heavy (non-hydrogen) atoms. The standard InChI is InChI=1S/C14H17ClFN3/c1-10(2)19-14(17-9-18-19)7-12(8-15)11-3-5-13(16)6-4-11/h3-6,9-10,12H,7-8H2,1-2H3. The van der Waals surface area contributed by atoms with Gasteiger partial charge < -0.3 is 0 Å². The Bertz CT molecular complexity index is 522. The molecule has 102 valence electrons. The summed E-state index contributed by atoms with van der Waals surface area (Å²) >= 11 is 6.04. The van der Waals surface area contributed by atoms with Crippen molar-refractivity contribution in [3.05, 3.63) is 47.8 Å². The van der Waals surface area contributed by atoms with Crippen molar-refractivity contribution in [1.29, 1.82) is 0 Å². The molecule has 0 aliphatic rings. The highest BCUT2D eigenvalue weighted by Crippen LogP contribution is 2.22. The van der Waals surface area contributed by atoms with Crippen LogP contribution in [0.1, 0.15) is 37.2 Å². The van der Waals surface area contributed by atoms with Gasteiger partial charge in [-0.25, -0.2) is 14.1 Å². The number of benzene rings is 1. The van der Waals surface area contributed by atoms with Gasteiger partial charge in [-0.05, 0) is 31.5 Å². The smallest absolute Gasteiger partial charge is 0.138 e. The van der Waals surface area contributed by atoms with Crippen molar-refractivity contribution in [3.63, 3.8) is 0 Å². The average molecular weight is 282 g/mol. The van der Waals surface area contributed by atoms with E-state index in [9.17, 15) is 4.39 Å². The third-order valence-electron chi connectivity index (χ3n) is 3.09. The van der Waals surface area contributed by atoms with Crippen LogP contribution in [-0.4, -0.2) is 20.6 Å². The van der Waals surface area contributed by atoms with Gasteiger partial charge in [0.25, 0.3) is 0 Å². The molecule has 0 bridgehead atoms. The number of aromatic nitrogens is 3. The molecule has 0 N–H and O–H groups in total. The first-order chi connectivity index (χ1) is 9.11. The van der Waals surface area contributed by atoms with Crippen LogP contribution in [0.2, 0.25) is 0 Å². The predicted octanol–water partition coefficient (Wildman–Crippen LogP) is 3.56. The largest absolute Gasteiger partial charge is 0.248 e. The molecule has 2 aromatic rings. The summed E-state index contributed by atoms with van der Waals surface area (Å²) in [4.78, 5) is 4.29. The average Bonchev–Trinajstić information content (AvgIpc) is 2.85. The monoisotopic (exact) mass is 281 g/mol. The first-order valence-electron chi connectivity index (χ1n) is 6.31. The molecular weight excluding hydrogens is 265 g/mol. The van der Waals surface area contributed by atoms with Gasteiger partial charge in [-0.2, -0.15) is 5.10 Å². The molecule has 3 nitrogen and oxygen atoms in total. The van der Waals surface area contributed by atoms with Crippen LogP contribution < -0.4 is 0 Å². The molecule has 1 aromatic carbocycles. The minimum atomic E-state index is -0.234. The van der Waals surface area contributed by atoms with E-state index in [0.717, 1.165) is 11.4 Å². The first kappa shape index (κ1) is 14.0. The summed E-state index contributed by atoms with van der Waals surface area (Å²) in [5.41, 5.74) is 1.02. The fraction of sp³-hybridized carbons (Fsp3) is 0.429. The van der Waals surface area contributed by atoms with Gasteiger partial charge in [0.1, 0.15) is 18.0 Å². The molecule has 5 heteroatoms. The molecule has 0 amide bonds. The molecule has 1 unspecified atom stereocenters. The summed E-state index contributed by atoms with van der Waals surface area (Å²) in [5.74, 6) is 1.26. The van der Waals surface area contributed by atoms with Crippen LogP contribution in [0.4, 0.5) is 4.39 Å². The van der Waals surface area contributed by atoms with E-state index in [1.165, 1.54) is 12.1 Å². The second-order valence-electron chi connectivity index (χ2n) is 4.82. The SMILES string of the molecule is CC(C)n1ncnc1CC(CCl)c1ccc(F)cc1. The van der Waals surface area contributed by atoms with Gasteiger partial charge >= 0.3 is 0 Å². The normalized spacial score (nSPS) is 12.9. The minimum Gasteiger partial charge on any atom is -0.248 e. The van der Waals surface area contributed by atoms with E-state index in [-0.39, 0.29) is 17.8 Å². The Morgan fingerprint density at radius 1 is 1.26 bits per heavy atom. The Balaban J connectivity index is 2.19. The summed E-state index contributed by atoms with van der Waals surface area (Å²) in [6.07, 6.45) is 2.26. The Morgan fingerprint density at radius 3 is 2.53 bits per heavy atom. The number of hydrogen-bond acceptors (Lipinski definition) is 2. The van der Waals surface area contributed by atoms with E-state index in [2.05, 4.69) is 23.9 Å². The van der Waals surface area contributed by atoms with Crippen LogP contribution in [-0.2, 0) is 6.42 Å². The fourth-order valence-electron chi connectivity index (χ4n) is 2.07. The highest BCUT2D eigenvalue weighted by atomic mass is 35.5. The van der Waals surface area contributed by atoms with Crippen molar-refractivity contribution >= 4 is 11.6 Å². The Kier molecular flexibility index (Phi) is 4.53. The number of hydrogen-bond donors (Lipinski definition) is 0. The lowest BCUT2D eigenvalue weighted by Gasteiger charge is -2.16. The molecule has 2 rings (SSSR count). The highest BCUT2D eigenvalue weighted by molar-refractivity contribution is 6.18. The maximum Gasteiger partial charge on any atom is 0.138 e. The molecule has 0 saturated heterocycles. The van der Waals surface area contributed by atoms with Crippen molar-refractivity contribution in [2.45, 2.75) is 32.2 Å². The van der Waals surface area contributed by atoms with Gasteiger partial charge in [0.05, 0.1) is 0 Å². The molecule has 0 aliphatic carbocycles. The molecule has 0 radical (unpaired) electrons. The molecule has 1 atom stereocenters. The van der Waals surface area contributed by atoms with Gasteiger partial charge in [0.15, 0.2) is 0 Å². The zero-order valence-corrected chi connectivity index (χ0v) is 11.8. The van der Waals surface area contributed by atoms with Gasteiger partial charge in [-0.15, -0.1) is 11.6 Å². The highest BCUT2D eigenvalue weighted by Gasteiger charge is 2.16. The second-order valence-corrected chi connectivity index (χ2v) is 5.13. The first-order valence-corrected chi connectivity index (χ1v) is 6.85. The summed E-state index contributed by atoms with van der Waals surface area (Å²) in [5, 5.41) is 4.21. The van der Waals surface area contributed by atoms with E-state index in [1.54, 1.807) is 18.5 Å². The molecular formula is C14H17ClFN3. The van der Waals surface area contributed by atoms with Gasteiger partial charge in [0, 0.05) is 24.3 Å². The Hall–Kier alpha value is -1.42. The topological polar surface area (TPSA) is 30.7 Å². The van der Waals surface area contributed by atoms with Gasteiger partial charge in [0.2, 0.25) is 0 Å². The maximum atomic E-state index is 12.9. The summed E-state index contributed by atoms with van der Waals surface area (Å²) in [6.45, 7) is 4.12. The van der Waals surface area contributed by atoms with E-state index >= 15 is 0 Å². The zero-order valence-electron chi connectivity index (χ0n) is 11.1. The second kappa shape index (κ2) is 6.15. The third kappa shape index (κ3) is 3.32. The van der Waals surface area contributed by atoms with E-state index in [4.69, 9.17) is 11.6 Å². The molecule has 0 fully saturated rings. The predicted molar refractivity (Wildman–Crippen MR) is 74.0 cm³/mol. The molecule has 0 saturated carbocycles. The molecule has 1 heterocycles. The van der Waals surface area contributed by atoms with Crippen LogP contribution >= 0.6 is 11.6 Å². The minimum absolute atomic E-state index is 0.115. The van der Waals surface area contributed by atoms with Crippen molar-refractivity contribution in [3.8, 4) is 0 Å². The number of halogens is 2. The van der Waals surface area contributed by atoms with Crippen LogP contribution in [0, 0.1) is 5.82 Å². The molecule has 0 spiro atoms. The molecule has 0 aliphatic heterocycles. The lowest BCUT2D eigenvalue weighted by atomic mass is 9.97. The summed E-state index contributed by atoms with van der Waals surface area (Å²) < 4.78 is 14.8. The lowest BCUT2D eigenvalue weighted by Crippen LogP contribution is -2.13. The van der Waals surface area contributed by atoms with Crippen molar-refractivity contribution in [2.75, 3.05) is 5.88 Å². The molecule has 1 aromatic heterocycles. The van der Waals surface area contributed by atoms with Crippen molar-refractivity contribution in [2.24, 2.45) is 0 Å². The lowest BCUT2D eigenvalue weighted by molar-refractivity contribution is 0.496. The summed E-state index contributed by atoms with van der Waals surface area (Å²) in [6, 6.07) is 6.74. The van der Waals surface area contributed by atoms with Crippen molar-refractivity contribution < 1.29 is 4.39 Å².